The van der Waals surface area contributed by atoms with E-state index in [1.807, 2.05) is 63.4 Å². The zero-order valence-electron chi connectivity index (χ0n) is 47.0. The standard InChI is InChI=1S/C31H35N9O3.C28H31N9O2S/c1-19-10-12-33-25(15-19)36-31(42)23-9-6-20(16-24(23)43-3)28-27-29(32)34-18-35-30(27)40(37-28)22-11-14-39(17-22)26(41)5-4-13-38(2)21-7-8-21;1-17-14-30-28(40-17)33-27(39)19-7-5-18(6-8-19)24-23-25(29)31-16-32-26(23)37(34-24)21-11-13-36(15-21)22(38)4-3-12-35(2)20-9-10-20/h4-6,9-10,12,15-16,18,21-22H,7-8,11,13-14,17H2,1-3H3,(H2,32,34,35)(H,33,36,42);3-8,14,16,20-21H,9-13,15H2,1-2H3,(H2,29,31,32)(H,30,33,39)/b5-4+;4-3+/t22-;21-/m11/s1. The number of aromatic nitrogens is 10. The molecule has 2 atom stereocenters. The maximum Gasteiger partial charge on any atom is 0.260 e. The molecule has 0 bridgehead atoms. The molecule has 4 aliphatic rings. The number of fused-ring (bicyclic) bond motifs is 2. The number of anilines is 4. The first-order valence-corrected chi connectivity index (χ1v) is 28.6. The molecule has 23 nitrogen and oxygen atoms in total. The highest BCUT2D eigenvalue weighted by Crippen LogP contribution is 2.38. The van der Waals surface area contributed by atoms with E-state index in [9.17, 15) is 19.2 Å². The number of thiazole rings is 1. The summed E-state index contributed by atoms with van der Waals surface area (Å²) in [4.78, 5) is 86.7. The third-order valence-electron chi connectivity index (χ3n) is 15.5. The van der Waals surface area contributed by atoms with E-state index in [0.717, 1.165) is 41.9 Å². The number of carbonyl (C=O) groups is 4. The van der Waals surface area contributed by atoms with Crippen molar-refractivity contribution in [2.45, 2.75) is 76.5 Å². The van der Waals surface area contributed by atoms with Crippen molar-refractivity contribution in [3.63, 3.8) is 0 Å². The van der Waals surface area contributed by atoms with Gasteiger partial charge in [-0.05, 0) is 108 Å². The Kier molecular flexibility index (Phi) is 16.3. The molecule has 8 heterocycles. The van der Waals surface area contributed by atoms with Crippen molar-refractivity contribution in [2.75, 3.05) is 82.6 Å². The van der Waals surface area contributed by atoms with Crippen molar-refractivity contribution in [3.05, 3.63) is 126 Å². The van der Waals surface area contributed by atoms with Gasteiger partial charge in [-0.1, -0.05) is 30.4 Å². The lowest BCUT2D eigenvalue weighted by atomic mass is 10.1. The van der Waals surface area contributed by atoms with E-state index in [1.54, 1.807) is 60.9 Å². The maximum absolute atomic E-state index is 13.1. The van der Waals surface area contributed by atoms with Crippen LogP contribution in [0, 0.1) is 13.8 Å². The highest BCUT2D eigenvalue weighted by molar-refractivity contribution is 7.15. The average molecular weight is 1140 g/mol. The van der Waals surface area contributed by atoms with Crippen LogP contribution in [0.1, 0.15) is 81.8 Å². The molecule has 8 aromatic rings. The summed E-state index contributed by atoms with van der Waals surface area (Å²) in [5.41, 5.74) is 18.4. The Hall–Kier alpha value is -9.00. The molecule has 0 radical (unpaired) electrons. The molecular weight excluding hydrogens is 1070 g/mol. The largest absolute Gasteiger partial charge is 0.496 e. The number of likely N-dealkylation sites (tertiary alicyclic amines) is 2. The number of carbonyl (C=O) groups excluding carboxylic acids is 4. The second kappa shape index (κ2) is 24.2. The van der Waals surface area contributed by atoms with Crippen LogP contribution >= 0.6 is 11.3 Å². The number of pyridine rings is 1. The van der Waals surface area contributed by atoms with Crippen molar-refractivity contribution in [1.82, 2.24) is 69.1 Å². The van der Waals surface area contributed by atoms with Gasteiger partial charge in [0.2, 0.25) is 11.8 Å². The van der Waals surface area contributed by atoms with Gasteiger partial charge in [-0.25, -0.2) is 39.3 Å². The van der Waals surface area contributed by atoms with Gasteiger partial charge in [-0.15, -0.1) is 11.3 Å². The molecule has 2 saturated heterocycles. The summed E-state index contributed by atoms with van der Waals surface area (Å²) in [5.74, 6) is 0.892. The summed E-state index contributed by atoms with van der Waals surface area (Å²) < 4.78 is 9.32. The first-order chi connectivity index (χ1) is 40.2. The molecule has 24 heteroatoms. The quantitative estimate of drug-likeness (QED) is 0.0669. The Balaban J connectivity index is 0.000000174. The normalized spacial score (nSPS) is 17.1. The topological polar surface area (TPSA) is 280 Å². The Morgan fingerprint density at radius 2 is 1.23 bits per heavy atom. The summed E-state index contributed by atoms with van der Waals surface area (Å²) in [7, 11) is 5.70. The van der Waals surface area contributed by atoms with Crippen molar-refractivity contribution in [2.24, 2.45) is 0 Å². The van der Waals surface area contributed by atoms with Crippen LogP contribution in [0.25, 0.3) is 44.6 Å². The van der Waals surface area contributed by atoms with E-state index in [2.05, 4.69) is 64.4 Å². The van der Waals surface area contributed by atoms with Gasteiger partial charge in [0.1, 0.15) is 47.2 Å². The highest BCUT2D eigenvalue weighted by Gasteiger charge is 2.33. The van der Waals surface area contributed by atoms with Crippen LogP contribution in [-0.2, 0) is 9.59 Å². The Bertz CT molecular complexity index is 3790. The Labute approximate surface area is 483 Å². The van der Waals surface area contributed by atoms with Crippen LogP contribution in [0.3, 0.4) is 0 Å². The van der Waals surface area contributed by atoms with E-state index in [-0.39, 0.29) is 35.7 Å². The monoisotopic (exact) mass is 1140 g/mol. The first kappa shape index (κ1) is 55.9. The van der Waals surface area contributed by atoms with E-state index in [4.69, 9.17) is 26.4 Å². The minimum Gasteiger partial charge on any atom is -0.496 e. The number of hydrogen-bond donors (Lipinski definition) is 4. The van der Waals surface area contributed by atoms with Gasteiger partial charge in [-0.2, -0.15) is 10.2 Å². The molecular formula is C59H66N18O5S. The number of amides is 4. The lowest BCUT2D eigenvalue weighted by molar-refractivity contribution is -0.125. The number of likely N-dealkylation sites (N-methyl/N-ethyl adjacent to an activating group) is 2. The summed E-state index contributed by atoms with van der Waals surface area (Å²) in [5, 5.41) is 17.3. The molecule has 6 N–H and O–H groups in total. The highest BCUT2D eigenvalue weighted by atomic mass is 32.1. The zero-order chi connectivity index (χ0) is 57.9. The Morgan fingerprint density at radius 1 is 0.675 bits per heavy atom. The number of aryl methyl sites for hydroxylation is 2. The van der Waals surface area contributed by atoms with Crippen LogP contribution in [0.4, 0.5) is 22.6 Å². The minimum absolute atomic E-state index is 0.00279. The van der Waals surface area contributed by atoms with Gasteiger partial charge in [-0.3, -0.25) is 34.3 Å². The number of rotatable bonds is 17. The molecule has 2 aliphatic heterocycles. The lowest BCUT2D eigenvalue weighted by Gasteiger charge is -2.16. The van der Waals surface area contributed by atoms with Crippen LogP contribution in [0.2, 0.25) is 0 Å². The third kappa shape index (κ3) is 12.6. The van der Waals surface area contributed by atoms with Gasteiger partial charge in [0.05, 0.1) is 35.5 Å². The number of nitrogens with two attached hydrogens (primary N) is 2. The van der Waals surface area contributed by atoms with Gasteiger partial charge < -0.3 is 31.3 Å². The van der Waals surface area contributed by atoms with Crippen molar-refractivity contribution in [3.8, 4) is 28.3 Å². The molecule has 83 heavy (non-hydrogen) atoms. The molecule has 2 aromatic carbocycles. The fourth-order valence-electron chi connectivity index (χ4n) is 10.5. The fourth-order valence-corrected chi connectivity index (χ4v) is 11.2. The molecule has 428 valence electrons. The van der Waals surface area contributed by atoms with E-state index < -0.39 is 0 Å². The summed E-state index contributed by atoms with van der Waals surface area (Å²) in [6.07, 6.45) is 19.9. The molecule has 0 spiro atoms. The second-order valence-corrected chi connectivity index (χ2v) is 22.7. The van der Waals surface area contributed by atoms with E-state index >= 15 is 0 Å². The average Bonchev–Trinajstić information content (AvgIpc) is 3.46. The predicted molar refractivity (Wildman–Crippen MR) is 319 cm³/mol. The van der Waals surface area contributed by atoms with Crippen molar-refractivity contribution >= 4 is 79.6 Å². The summed E-state index contributed by atoms with van der Waals surface area (Å²) in [6.45, 7) is 7.73. The van der Waals surface area contributed by atoms with E-state index in [0.29, 0.717) is 117 Å². The molecule has 4 amide bonds. The van der Waals surface area contributed by atoms with Crippen LogP contribution in [0.15, 0.2) is 104 Å². The summed E-state index contributed by atoms with van der Waals surface area (Å²) >= 11 is 1.42. The van der Waals surface area contributed by atoms with Crippen molar-refractivity contribution in [1.29, 1.82) is 0 Å². The molecule has 6 aromatic heterocycles. The van der Waals surface area contributed by atoms with Gasteiger partial charge >= 0.3 is 0 Å². The van der Waals surface area contributed by atoms with Crippen LogP contribution in [-0.4, -0.2) is 165 Å². The number of nitrogens with zero attached hydrogens (tertiary/aromatic N) is 14. The molecule has 0 unspecified atom stereocenters. The number of methoxy groups -OCH3 is 1. The molecule has 4 fully saturated rings. The lowest BCUT2D eigenvalue weighted by Crippen LogP contribution is -2.28. The number of benzene rings is 2. The van der Waals surface area contributed by atoms with Gasteiger partial charge in [0.15, 0.2) is 16.4 Å². The predicted octanol–water partition coefficient (Wildman–Crippen LogP) is 6.98. The third-order valence-corrected chi connectivity index (χ3v) is 16.3. The van der Waals surface area contributed by atoms with Gasteiger partial charge in [0, 0.05) is 97.5 Å². The second-order valence-electron chi connectivity index (χ2n) is 21.5. The van der Waals surface area contributed by atoms with Crippen molar-refractivity contribution < 1.29 is 23.9 Å². The number of nitrogen functional groups attached to an aromatic ring is 2. The van der Waals surface area contributed by atoms with Crippen LogP contribution in [0.5, 0.6) is 5.75 Å². The number of ether oxygens (including phenoxy) is 1. The zero-order valence-corrected chi connectivity index (χ0v) is 47.8. The first-order valence-electron chi connectivity index (χ1n) is 27.7. The molecule has 2 aliphatic carbocycles. The van der Waals surface area contributed by atoms with Gasteiger partial charge in [0.25, 0.3) is 11.8 Å². The Morgan fingerprint density at radius 3 is 1.75 bits per heavy atom. The SMILES string of the molecule is COc1cc(-c2nn([C@@H]3CCN(C(=O)/C=C/CN(C)C4CC4)C3)c3ncnc(N)c23)ccc1C(=O)Nc1cc(C)ccn1.Cc1cnc(NC(=O)c2ccc(-c3nn([C@@H]4CCN(C(=O)/C=C/CN(C)C5CC5)C4)c4ncnc(N)c34)cc2)s1. The number of hydrogen-bond acceptors (Lipinski definition) is 18. The molecule has 2 saturated carbocycles. The molecule has 12 rings (SSSR count). The minimum atomic E-state index is -0.344. The maximum atomic E-state index is 13.1. The summed E-state index contributed by atoms with van der Waals surface area (Å²) in [6, 6.07) is 17.3. The smallest absolute Gasteiger partial charge is 0.260 e. The number of nitrogens with one attached hydrogen (secondary N) is 2. The van der Waals surface area contributed by atoms with E-state index in [1.165, 1.54) is 56.8 Å². The fraction of sp³-hybridized carbons (Fsp3) is 0.356. The van der Waals surface area contributed by atoms with Crippen LogP contribution < -0.4 is 26.8 Å².